The fraction of sp³-hybridized carbons (Fsp3) is 1.00. The van der Waals surface area contributed by atoms with Crippen molar-refractivity contribution in [2.24, 2.45) is 17.7 Å². The molecule has 1 aliphatic carbocycles. The first kappa shape index (κ1) is 13.9. The highest BCUT2D eigenvalue weighted by atomic mass is 16.5. The van der Waals surface area contributed by atoms with Crippen molar-refractivity contribution in [3.8, 4) is 0 Å². The van der Waals surface area contributed by atoms with Gasteiger partial charge >= 0.3 is 0 Å². The molecule has 0 aromatic rings. The summed E-state index contributed by atoms with van der Waals surface area (Å²) in [5.41, 5.74) is 2.91. The van der Waals surface area contributed by atoms with Gasteiger partial charge in [0.25, 0.3) is 0 Å². The summed E-state index contributed by atoms with van der Waals surface area (Å²) in [7, 11) is 1.77. The fourth-order valence-electron chi connectivity index (χ4n) is 2.66. The first-order valence-corrected chi connectivity index (χ1v) is 6.50. The number of nitrogens with two attached hydrogens (primary N) is 1. The van der Waals surface area contributed by atoms with Gasteiger partial charge in [-0.3, -0.25) is 11.3 Å². The topological polar surface area (TPSA) is 47.3 Å². The molecule has 0 spiro atoms. The molecule has 1 atom stereocenters. The summed E-state index contributed by atoms with van der Waals surface area (Å²) in [6.07, 6.45) is 6.28. The zero-order valence-corrected chi connectivity index (χ0v) is 11.3. The van der Waals surface area contributed by atoms with Crippen LogP contribution in [0.2, 0.25) is 0 Å². The Kier molecular flexibility index (Phi) is 5.22. The summed E-state index contributed by atoms with van der Waals surface area (Å²) >= 11 is 0. The predicted molar refractivity (Wildman–Crippen MR) is 67.9 cm³/mol. The lowest BCUT2D eigenvalue weighted by molar-refractivity contribution is -0.00136. The summed E-state index contributed by atoms with van der Waals surface area (Å²) in [4.78, 5) is 0. The molecule has 0 saturated heterocycles. The fourth-order valence-corrected chi connectivity index (χ4v) is 2.66. The summed E-state index contributed by atoms with van der Waals surface area (Å²) in [5, 5.41) is 0. The lowest BCUT2D eigenvalue weighted by atomic mass is 9.77. The number of rotatable bonds is 5. The molecule has 3 N–H and O–H groups in total. The second kappa shape index (κ2) is 5.99. The highest BCUT2D eigenvalue weighted by molar-refractivity contribution is 4.85. The molecule has 3 nitrogen and oxygen atoms in total. The maximum atomic E-state index is 5.69. The third-order valence-corrected chi connectivity index (χ3v) is 4.11. The largest absolute Gasteiger partial charge is 0.379 e. The van der Waals surface area contributed by atoms with E-state index in [4.69, 9.17) is 10.6 Å². The molecule has 0 bridgehead atoms. The van der Waals surface area contributed by atoms with Crippen molar-refractivity contribution in [3.05, 3.63) is 0 Å². The van der Waals surface area contributed by atoms with Gasteiger partial charge in [0.1, 0.15) is 0 Å². The van der Waals surface area contributed by atoms with Crippen LogP contribution in [0.15, 0.2) is 0 Å². The Bertz CT molecular complexity index is 198. The zero-order chi connectivity index (χ0) is 12.2. The third-order valence-electron chi connectivity index (χ3n) is 4.11. The van der Waals surface area contributed by atoms with Gasteiger partial charge in [-0.15, -0.1) is 0 Å². The van der Waals surface area contributed by atoms with Gasteiger partial charge in [-0.2, -0.15) is 0 Å². The van der Waals surface area contributed by atoms with Gasteiger partial charge in [0.05, 0.1) is 5.60 Å². The smallest absolute Gasteiger partial charge is 0.0638 e. The van der Waals surface area contributed by atoms with Crippen molar-refractivity contribution in [2.75, 3.05) is 7.11 Å². The van der Waals surface area contributed by atoms with E-state index in [9.17, 15) is 0 Å². The van der Waals surface area contributed by atoms with Crippen LogP contribution in [0.4, 0.5) is 0 Å². The number of hydrogen-bond acceptors (Lipinski definition) is 3. The van der Waals surface area contributed by atoms with E-state index < -0.39 is 0 Å². The van der Waals surface area contributed by atoms with E-state index in [1.807, 2.05) is 0 Å². The van der Waals surface area contributed by atoms with Crippen LogP contribution in [0, 0.1) is 11.8 Å². The van der Waals surface area contributed by atoms with Gasteiger partial charge in [0.2, 0.25) is 0 Å². The Labute approximate surface area is 100 Å². The minimum absolute atomic E-state index is 0.0832. The van der Waals surface area contributed by atoms with Crippen LogP contribution in [0.3, 0.4) is 0 Å². The van der Waals surface area contributed by atoms with Crippen LogP contribution >= 0.6 is 0 Å². The number of hydrogen-bond donors (Lipinski definition) is 2. The van der Waals surface area contributed by atoms with Crippen molar-refractivity contribution in [1.82, 2.24) is 5.43 Å². The minimum Gasteiger partial charge on any atom is -0.379 e. The van der Waals surface area contributed by atoms with E-state index in [2.05, 4.69) is 26.2 Å². The van der Waals surface area contributed by atoms with E-state index in [0.29, 0.717) is 6.04 Å². The van der Waals surface area contributed by atoms with Gasteiger partial charge in [-0.25, -0.2) is 0 Å². The van der Waals surface area contributed by atoms with Gasteiger partial charge in [0, 0.05) is 13.2 Å². The molecule has 1 rings (SSSR count). The first-order chi connectivity index (χ1) is 7.48. The molecule has 0 amide bonds. The average Bonchev–Trinajstić information content (AvgIpc) is 2.27. The molecule has 0 aromatic carbocycles. The lowest BCUT2D eigenvalue weighted by Gasteiger charge is -2.36. The molecule has 1 unspecified atom stereocenters. The maximum absolute atomic E-state index is 5.69. The Balaban J connectivity index is 2.47. The number of methoxy groups -OCH3 is 1. The molecule has 3 heteroatoms. The van der Waals surface area contributed by atoms with E-state index in [1.54, 1.807) is 7.11 Å². The van der Waals surface area contributed by atoms with Crippen molar-refractivity contribution >= 4 is 0 Å². The SMILES string of the molecule is COC(C)(C)CC(NN)C1CCC(C)CC1. The van der Waals surface area contributed by atoms with Crippen molar-refractivity contribution in [2.45, 2.75) is 64.5 Å². The summed E-state index contributed by atoms with van der Waals surface area (Å²) in [5.74, 6) is 7.31. The number of ether oxygens (including phenoxy) is 1. The van der Waals surface area contributed by atoms with E-state index in [-0.39, 0.29) is 5.60 Å². The highest BCUT2D eigenvalue weighted by Crippen LogP contribution is 2.33. The average molecular weight is 228 g/mol. The monoisotopic (exact) mass is 228 g/mol. The van der Waals surface area contributed by atoms with Crippen molar-refractivity contribution in [1.29, 1.82) is 0 Å². The highest BCUT2D eigenvalue weighted by Gasteiger charge is 2.30. The van der Waals surface area contributed by atoms with Crippen LogP contribution in [-0.4, -0.2) is 18.8 Å². The maximum Gasteiger partial charge on any atom is 0.0638 e. The molecule has 1 fully saturated rings. The number of hydrazine groups is 1. The van der Waals surface area contributed by atoms with Crippen molar-refractivity contribution in [3.63, 3.8) is 0 Å². The Morgan fingerprint density at radius 2 is 1.88 bits per heavy atom. The normalized spacial score (nSPS) is 29.1. The minimum atomic E-state index is -0.0832. The molecular formula is C13H28N2O. The molecule has 16 heavy (non-hydrogen) atoms. The second-order valence-electron chi connectivity index (χ2n) is 5.96. The van der Waals surface area contributed by atoms with Gasteiger partial charge in [0.15, 0.2) is 0 Å². The quantitative estimate of drug-likeness (QED) is 0.561. The number of nitrogens with one attached hydrogen (secondary N) is 1. The van der Waals surface area contributed by atoms with Crippen LogP contribution in [0.5, 0.6) is 0 Å². The molecule has 96 valence electrons. The van der Waals surface area contributed by atoms with E-state index in [1.165, 1.54) is 25.7 Å². The second-order valence-corrected chi connectivity index (χ2v) is 5.96. The molecule has 1 saturated carbocycles. The van der Waals surface area contributed by atoms with Crippen LogP contribution in [-0.2, 0) is 4.74 Å². The van der Waals surface area contributed by atoms with E-state index >= 15 is 0 Å². The zero-order valence-electron chi connectivity index (χ0n) is 11.3. The van der Waals surface area contributed by atoms with Crippen LogP contribution < -0.4 is 11.3 Å². The standard InChI is InChI=1S/C13H28N2O/c1-10-5-7-11(8-6-10)12(15-14)9-13(2,3)16-4/h10-12,15H,5-9,14H2,1-4H3. The van der Waals surface area contributed by atoms with Crippen LogP contribution in [0.25, 0.3) is 0 Å². The molecule has 1 aliphatic rings. The molecular weight excluding hydrogens is 200 g/mol. The van der Waals surface area contributed by atoms with Crippen molar-refractivity contribution < 1.29 is 4.74 Å². The Hall–Kier alpha value is -0.120. The predicted octanol–water partition coefficient (Wildman–Crippen LogP) is 2.46. The Morgan fingerprint density at radius 1 is 1.31 bits per heavy atom. The van der Waals surface area contributed by atoms with Gasteiger partial charge in [-0.1, -0.05) is 19.8 Å². The lowest BCUT2D eigenvalue weighted by Crippen LogP contribution is -2.46. The summed E-state index contributed by atoms with van der Waals surface area (Å²) < 4.78 is 5.49. The Morgan fingerprint density at radius 3 is 2.31 bits per heavy atom. The molecule has 0 aromatic heterocycles. The summed E-state index contributed by atoms with van der Waals surface area (Å²) in [6, 6.07) is 0.391. The molecule has 0 radical (unpaired) electrons. The van der Waals surface area contributed by atoms with E-state index in [0.717, 1.165) is 18.3 Å². The summed E-state index contributed by atoms with van der Waals surface area (Å²) in [6.45, 7) is 6.60. The molecule has 0 heterocycles. The van der Waals surface area contributed by atoms with Gasteiger partial charge in [-0.05, 0) is 44.9 Å². The molecule has 0 aliphatic heterocycles. The third kappa shape index (κ3) is 4.04. The first-order valence-electron chi connectivity index (χ1n) is 6.50. The van der Waals surface area contributed by atoms with Crippen LogP contribution in [0.1, 0.15) is 52.9 Å². The van der Waals surface area contributed by atoms with Gasteiger partial charge < -0.3 is 4.74 Å².